The Balaban J connectivity index is 2.11. The van der Waals surface area contributed by atoms with Gasteiger partial charge in [-0.2, -0.15) is 5.43 Å². The zero-order valence-corrected chi connectivity index (χ0v) is 11.5. The van der Waals surface area contributed by atoms with Gasteiger partial charge in [-0.15, -0.1) is 0 Å². The zero-order chi connectivity index (χ0) is 12.8. The molecule has 3 heterocycles. The standard InChI is InChI=1S/C11H12BrN5O/c1-11(18-2)14-10(15-16-11)8-5-13-9-4-3-7(12)6-17(8)9/h3-6,16H,1-2H3,(H,14,15). The topological polar surface area (TPSA) is 63.0 Å². The van der Waals surface area contributed by atoms with E-state index in [0.29, 0.717) is 5.84 Å². The van der Waals surface area contributed by atoms with Crippen LogP contribution < -0.4 is 10.9 Å². The maximum absolute atomic E-state index is 5.26. The summed E-state index contributed by atoms with van der Waals surface area (Å²) in [5.74, 6) is -0.0455. The maximum Gasteiger partial charge on any atom is 0.231 e. The van der Waals surface area contributed by atoms with Gasteiger partial charge in [0, 0.05) is 24.7 Å². The van der Waals surface area contributed by atoms with Crippen molar-refractivity contribution in [3.63, 3.8) is 0 Å². The smallest absolute Gasteiger partial charge is 0.231 e. The number of hydrogen-bond acceptors (Lipinski definition) is 5. The first-order valence-electron chi connectivity index (χ1n) is 5.42. The molecule has 0 aliphatic carbocycles. The van der Waals surface area contributed by atoms with Crippen LogP contribution in [0, 0.1) is 0 Å². The summed E-state index contributed by atoms with van der Waals surface area (Å²) in [7, 11) is 1.60. The zero-order valence-electron chi connectivity index (χ0n) is 9.94. The second kappa shape index (κ2) is 4.04. The van der Waals surface area contributed by atoms with E-state index in [1.165, 1.54) is 0 Å². The number of hydrogen-bond donors (Lipinski definition) is 2. The summed E-state index contributed by atoms with van der Waals surface area (Å²) >= 11 is 3.45. The number of nitrogens with one attached hydrogen (secondary N) is 2. The van der Waals surface area contributed by atoms with Gasteiger partial charge in [-0.1, -0.05) is 0 Å². The SMILES string of the molecule is COC1(C)N=C(c2cnc3ccc(Br)cn23)NN1. The third kappa shape index (κ3) is 1.80. The van der Waals surface area contributed by atoms with E-state index >= 15 is 0 Å². The molecule has 0 spiro atoms. The van der Waals surface area contributed by atoms with Gasteiger partial charge in [-0.25, -0.2) is 9.98 Å². The minimum Gasteiger partial charge on any atom is -0.344 e. The van der Waals surface area contributed by atoms with E-state index in [4.69, 9.17) is 4.74 Å². The lowest BCUT2D eigenvalue weighted by molar-refractivity contribution is -0.0118. The molecular weight excluding hydrogens is 298 g/mol. The summed E-state index contributed by atoms with van der Waals surface area (Å²) < 4.78 is 8.20. The van der Waals surface area contributed by atoms with Crippen LogP contribution in [0.4, 0.5) is 0 Å². The summed E-state index contributed by atoms with van der Waals surface area (Å²) in [5, 5.41) is 0. The van der Waals surface area contributed by atoms with Crippen LogP contribution >= 0.6 is 15.9 Å². The number of aliphatic imine (C=N–C) groups is 1. The Morgan fingerprint density at radius 1 is 1.44 bits per heavy atom. The lowest BCUT2D eigenvalue weighted by Gasteiger charge is -2.16. The molecule has 0 aromatic carbocycles. The van der Waals surface area contributed by atoms with Gasteiger partial charge in [0.2, 0.25) is 5.85 Å². The first kappa shape index (κ1) is 11.6. The van der Waals surface area contributed by atoms with E-state index < -0.39 is 5.85 Å². The molecule has 3 rings (SSSR count). The molecule has 2 N–H and O–H groups in total. The van der Waals surface area contributed by atoms with Crippen LogP contribution in [0.15, 0.2) is 34.0 Å². The van der Waals surface area contributed by atoms with E-state index in [9.17, 15) is 0 Å². The number of halogens is 1. The highest BCUT2D eigenvalue weighted by Crippen LogP contribution is 2.17. The van der Waals surface area contributed by atoms with Crippen molar-refractivity contribution >= 4 is 27.4 Å². The van der Waals surface area contributed by atoms with Gasteiger partial charge in [0.05, 0.1) is 6.20 Å². The number of fused-ring (bicyclic) bond motifs is 1. The number of imidazole rings is 1. The molecule has 0 bridgehead atoms. The Labute approximate surface area is 112 Å². The monoisotopic (exact) mass is 309 g/mol. The van der Waals surface area contributed by atoms with Crippen molar-refractivity contribution in [3.8, 4) is 0 Å². The summed E-state index contributed by atoms with van der Waals surface area (Å²) in [5.41, 5.74) is 7.72. The number of nitrogens with zero attached hydrogens (tertiary/aromatic N) is 3. The summed E-state index contributed by atoms with van der Waals surface area (Å²) in [6.45, 7) is 1.84. The van der Waals surface area contributed by atoms with Gasteiger partial charge < -0.3 is 10.2 Å². The van der Waals surface area contributed by atoms with Crippen molar-refractivity contribution in [1.82, 2.24) is 20.2 Å². The van der Waals surface area contributed by atoms with E-state index in [1.807, 2.05) is 29.7 Å². The molecule has 0 radical (unpaired) electrons. The molecule has 0 amide bonds. The molecule has 0 fully saturated rings. The van der Waals surface area contributed by atoms with Crippen LogP contribution in [0.3, 0.4) is 0 Å². The minimum atomic E-state index is -0.745. The molecule has 0 saturated heterocycles. The molecule has 7 heteroatoms. The Bertz CT molecular complexity index is 637. The number of hydrazine groups is 1. The fraction of sp³-hybridized carbons (Fsp3) is 0.273. The van der Waals surface area contributed by atoms with Crippen molar-refractivity contribution in [1.29, 1.82) is 0 Å². The van der Waals surface area contributed by atoms with Crippen molar-refractivity contribution in [2.24, 2.45) is 4.99 Å². The van der Waals surface area contributed by atoms with E-state index in [-0.39, 0.29) is 0 Å². The normalized spacial score (nSPS) is 23.2. The Morgan fingerprint density at radius 2 is 2.28 bits per heavy atom. The van der Waals surface area contributed by atoms with Gasteiger partial charge in [-0.3, -0.25) is 4.40 Å². The average Bonchev–Trinajstić information content (AvgIpc) is 2.93. The number of ether oxygens (including phenoxy) is 1. The summed E-state index contributed by atoms with van der Waals surface area (Å²) in [6.07, 6.45) is 3.72. The van der Waals surface area contributed by atoms with Crippen molar-refractivity contribution < 1.29 is 4.74 Å². The van der Waals surface area contributed by atoms with E-state index in [2.05, 4.69) is 36.8 Å². The lowest BCUT2D eigenvalue weighted by atomic mass is 10.4. The molecule has 94 valence electrons. The molecule has 18 heavy (non-hydrogen) atoms. The van der Waals surface area contributed by atoms with E-state index in [1.54, 1.807) is 13.3 Å². The van der Waals surface area contributed by atoms with Crippen molar-refractivity contribution in [2.75, 3.05) is 7.11 Å². The summed E-state index contributed by atoms with van der Waals surface area (Å²) in [4.78, 5) is 8.79. The van der Waals surface area contributed by atoms with Gasteiger partial charge in [0.15, 0.2) is 5.84 Å². The van der Waals surface area contributed by atoms with Gasteiger partial charge in [0.1, 0.15) is 11.3 Å². The van der Waals surface area contributed by atoms with Crippen LogP contribution in [-0.4, -0.2) is 28.2 Å². The first-order valence-corrected chi connectivity index (χ1v) is 6.22. The molecule has 6 nitrogen and oxygen atoms in total. The molecule has 2 aromatic heterocycles. The van der Waals surface area contributed by atoms with Crippen LogP contribution in [-0.2, 0) is 4.74 Å². The number of pyridine rings is 1. The third-order valence-electron chi connectivity index (χ3n) is 2.85. The highest BCUT2D eigenvalue weighted by atomic mass is 79.9. The van der Waals surface area contributed by atoms with Gasteiger partial charge in [-0.05, 0) is 28.1 Å². The van der Waals surface area contributed by atoms with Crippen LogP contribution in [0.25, 0.3) is 5.65 Å². The third-order valence-corrected chi connectivity index (χ3v) is 3.32. The lowest BCUT2D eigenvalue weighted by Crippen LogP contribution is -2.44. The molecule has 1 unspecified atom stereocenters. The Kier molecular flexibility index (Phi) is 2.61. The molecule has 1 aliphatic rings. The molecule has 1 aliphatic heterocycles. The molecule has 0 saturated carbocycles. The predicted molar refractivity (Wildman–Crippen MR) is 71.1 cm³/mol. The first-order chi connectivity index (χ1) is 8.61. The Morgan fingerprint density at radius 3 is 3.00 bits per heavy atom. The van der Waals surface area contributed by atoms with Crippen molar-refractivity contribution in [2.45, 2.75) is 12.8 Å². The Hall–Kier alpha value is -1.44. The highest BCUT2D eigenvalue weighted by Gasteiger charge is 2.30. The number of methoxy groups -OCH3 is 1. The molecule has 2 aromatic rings. The molecular formula is C11H12BrN5O. The van der Waals surface area contributed by atoms with Crippen molar-refractivity contribution in [3.05, 3.63) is 34.7 Å². The van der Waals surface area contributed by atoms with Crippen LogP contribution in [0.5, 0.6) is 0 Å². The van der Waals surface area contributed by atoms with Crippen LogP contribution in [0.1, 0.15) is 12.6 Å². The quantitative estimate of drug-likeness (QED) is 0.877. The number of rotatable bonds is 2. The number of amidine groups is 1. The predicted octanol–water partition coefficient (Wildman–Crippen LogP) is 1.27. The molecule has 1 atom stereocenters. The van der Waals surface area contributed by atoms with Gasteiger partial charge >= 0.3 is 0 Å². The van der Waals surface area contributed by atoms with Gasteiger partial charge in [0.25, 0.3) is 0 Å². The van der Waals surface area contributed by atoms with Crippen LogP contribution in [0.2, 0.25) is 0 Å². The second-order valence-corrected chi connectivity index (χ2v) is 5.03. The minimum absolute atomic E-state index is 0.699. The maximum atomic E-state index is 5.26. The van der Waals surface area contributed by atoms with E-state index in [0.717, 1.165) is 15.8 Å². The second-order valence-electron chi connectivity index (χ2n) is 4.12. The fourth-order valence-corrected chi connectivity index (χ4v) is 2.13. The fourth-order valence-electron chi connectivity index (χ4n) is 1.79. The summed E-state index contributed by atoms with van der Waals surface area (Å²) in [6, 6.07) is 3.89. The average molecular weight is 310 g/mol. The number of aromatic nitrogens is 2. The largest absolute Gasteiger partial charge is 0.344 e. The highest BCUT2D eigenvalue weighted by molar-refractivity contribution is 9.10.